The van der Waals surface area contributed by atoms with Crippen molar-refractivity contribution < 1.29 is 20.4 Å². The molecule has 0 aromatic heterocycles. The van der Waals surface area contributed by atoms with E-state index < -0.39 is 10.1 Å². The predicted molar refractivity (Wildman–Crippen MR) is 132 cm³/mol. The summed E-state index contributed by atoms with van der Waals surface area (Å²) in [5, 5.41) is 0. The van der Waals surface area contributed by atoms with E-state index in [0.717, 1.165) is 83.0 Å². The Morgan fingerprint density at radius 2 is 1.34 bits per heavy atom. The molecule has 5 nitrogen and oxygen atoms in total. The van der Waals surface area contributed by atoms with Gasteiger partial charge in [-0.3, -0.25) is 0 Å². The summed E-state index contributed by atoms with van der Waals surface area (Å²) in [6.45, 7) is 3.91. The summed E-state index contributed by atoms with van der Waals surface area (Å²) in [4.78, 5) is 0.387. The van der Waals surface area contributed by atoms with Crippen molar-refractivity contribution in [3.8, 4) is 0 Å². The van der Waals surface area contributed by atoms with Crippen molar-refractivity contribution in [3.05, 3.63) is 28.8 Å². The van der Waals surface area contributed by atoms with Crippen LogP contribution in [0.15, 0.2) is 17.0 Å². The molecule has 0 unspecified atom stereocenters. The Morgan fingerprint density at radius 1 is 0.844 bits per heavy atom. The van der Waals surface area contributed by atoms with Gasteiger partial charge in [-0.2, -0.15) is 10.9 Å². The Labute approximate surface area is 206 Å². The predicted octanol–water partition coefficient (Wildman–Crippen LogP) is 6.46. The van der Waals surface area contributed by atoms with E-state index in [2.05, 4.69) is 6.92 Å². The van der Waals surface area contributed by atoms with Crippen LogP contribution < -0.4 is 0 Å². The van der Waals surface area contributed by atoms with Crippen molar-refractivity contribution in [1.29, 1.82) is 0 Å². The van der Waals surface area contributed by atoms with Gasteiger partial charge in [0.15, 0.2) is 0 Å². The van der Waals surface area contributed by atoms with Crippen molar-refractivity contribution >= 4 is 33.1 Å². The van der Waals surface area contributed by atoms with Gasteiger partial charge in [0.1, 0.15) is 23.0 Å². The molecule has 0 radical (unpaired) electrons. The lowest BCUT2D eigenvalue weighted by Crippen LogP contribution is -2.34. The van der Waals surface area contributed by atoms with E-state index in [1.807, 2.05) is 6.07 Å². The van der Waals surface area contributed by atoms with Gasteiger partial charge >= 0.3 is 10.1 Å². The zero-order valence-corrected chi connectivity index (χ0v) is 22.0. The van der Waals surface area contributed by atoms with Crippen LogP contribution in [-0.2, 0) is 22.1 Å². The van der Waals surface area contributed by atoms with Crippen LogP contribution >= 0.6 is 23.0 Å². The first-order chi connectivity index (χ1) is 15.4. The lowest BCUT2D eigenvalue weighted by Gasteiger charge is -2.41. The SMILES string of the molecule is Cc1ccc(S(=O)(=O)OI)c(C2CCC3(CCCO3)CC2)c1C1CCC2(CCCO2)CC1. The molecule has 2 saturated carbocycles. The average Bonchev–Trinajstić information content (AvgIpc) is 3.45. The van der Waals surface area contributed by atoms with Crippen molar-refractivity contribution in [1.82, 2.24) is 0 Å². The van der Waals surface area contributed by atoms with Gasteiger partial charge in [-0.05, 0) is 119 Å². The molecule has 1 aromatic carbocycles. The molecule has 2 spiro atoms. The van der Waals surface area contributed by atoms with Crippen LogP contribution in [0.2, 0.25) is 0 Å². The molecule has 0 bridgehead atoms. The second-order valence-electron chi connectivity index (χ2n) is 10.5. The summed E-state index contributed by atoms with van der Waals surface area (Å²) in [5.41, 5.74) is 3.66. The number of benzene rings is 1. The Balaban J connectivity index is 1.49. The highest BCUT2D eigenvalue weighted by Crippen LogP contribution is 2.51. The average molecular weight is 575 g/mol. The van der Waals surface area contributed by atoms with Gasteiger partial charge in [0.2, 0.25) is 0 Å². The van der Waals surface area contributed by atoms with E-state index in [-0.39, 0.29) is 17.1 Å². The molecular formula is C25H35IO5S. The molecule has 2 saturated heterocycles. The number of ether oxygens (including phenoxy) is 2. The Hall–Kier alpha value is -0.220. The molecule has 2 heterocycles. The summed E-state index contributed by atoms with van der Waals surface area (Å²) in [7, 11) is -3.78. The third-order valence-corrected chi connectivity index (χ3v) is 11.3. The van der Waals surface area contributed by atoms with E-state index in [1.165, 1.54) is 47.0 Å². The van der Waals surface area contributed by atoms with E-state index in [9.17, 15) is 8.42 Å². The Morgan fingerprint density at radius 3 is 1.78 bits per heavy atom. The van der Waals surface area contributed by atoms with Crippen LogP contribution in [0.5, 0.6) is 0 Å². The maximum atomic E-state index is 13.0. The van der Waals surface area contributed by atoms with Gasteiger partial charge in [-0.1, -0.05) is 6.07 Å². The van der Waals surface area contributed by atoms with Crippen molar-refractivity contribution in [3.63, 3.8) is 0 Å². The minimum Gasteiger partial charge on any atom is -0.375 e. The van der Waals surface area contributed by atoms with Crippen molar-refractivity contribution in [2.75, 3.05) is 13.2 Å². The molecule has 4 aliphatic rings. The lowest BCUT2D eigenvalue weighted by atomic mass is 9.69. The Bertz CT molecular complexity index is 927. The monoisotopic (exact) mass is 574 g/mol. The number of hydrogen-bond acceptors (Lipinski definition) is 5. The fourth-order valence-corrected chi connectivity index (χ4v) is 8.53. The highest BCUT2D eigenvalue weighted by molar-refractivity contribution is 14.1. The number of hydrogen-bond donors (Lipinski definition) is 0. The van der Waals surface area contributed by atoms with Crippen molar-refractivity contribution in [2.24, 2.45) is 0 Å². The van der Waals surface area contributed by atoms with Gasteiger partial charge in [-0.15, -0.1) is 0 Å². The fourth-order valence-electron chi connectivity index (χ4n) is 7.10. The first kappa shape index (κ1) is 23.5. The molecule has 178 valence electrons. The molecule has 5 rings (SSSR count). The second kappa shape index (κ2) is 9.10. The summed E-state index contributed by atoms with van der Waals surface area (Å²) in [6, 6.07) is 3.77. The first-order valence-electron chi connectivity index (χ1n) is 12.3. The van der Waals surface area contributed by atoms with Crippen LogP contribution in [0.1, 0.15) is 106 Å². The fraction of sp³-hybridized carbons (Fsp3) is 0.760. The van der Waals surface area contributed by atoms with Crippen LogP contribution in [-0.4, -0.2) is 32.8 Å². The van der Waals surface area contributed by atoms with Crippen LogP contribution in [0.25, 0.3) is 0 Å². The highest BCUT2D eigenvalue weighted by Gasteiger charge is 2.43. The second-order valence-corrected chi connectivity index (χ2v) is 13.1. The third-order valence-electron chi connectivity index (χ3n) is 8.80. The van der Waals surface area contributed by atoms with E-state index >= 15 is 0 Å². The maximum absolute atomic E-state index is 13.0. The summed E-state index contributed by atoms with van der Waals surface area (Å²) in [5.74, 6) is 0.637. The quantitative estimate of drug-likeness (QED) is 0.386. The van der Waals surface area contributed by atoms with Gasteiger partial charge in [0.25, 0.3) is 0 Å². The maximum Gasteiger partial charge on any atom is 0.306 e. The standard InChI is InChI=1S/C25H35IO5S/c1-18-4-5-21(32(27,28)31-26)23(20-8-14-25(15-9-20)11-3-17-30-25)22(18)19-6-12-24(13-7-19)10-2-16-29-24/h4-5,19-20H,2-3,6-17H2,1H3. The molecule has 0 N–H and O–H groups in total. The number of rotatable bonds is 4. The van der Waals surface area contributed by atoms with Gasteiger partial charge < -0.3 is 9.47 Å². The summed E-state index contributed by atoms with van der Waals surface area (Å²) < 4.78 is 43.3. The van der Waals surface area contributed by atoms with E-state index in [0.29, 0.717) is 10.8 Å². The largest absolute Gasteiger partial charge is 0.375 e. The Kier molecular flexibility index (Phi) is 6.69. The molecule has 1 aromatic rings. The van der Waals surface area contributed by atoms with E-state index in [1.54, 1.807) is 6.07 Å². The molecule has 0 amide bonds. The molecule has 0 atom stereocenters. The molecule has 2 aliphatic heterocycles. The first-order valence-corrected chi connectivity index (χ1v) is 14.6. The molecule has 32 heavy (non-hydrogen) atoms. The summed E-state index contributed by atoms with van der Waals surface area (Å²) in [6.07, 6.45) is 13.0. The minimum absolute atomic E-state index is 0.0380. The number of aryl methyl sites for hydroxylation is 1. The van der Waals surface area contributed by atoms with Crippen LogP contribution in [0, 0.1) is 6.92 Å². The highest BCUT2D eigenvalue weighted by atomic mass is 127. The van der Waals surface area contributed by atoms with Crippen LogP contribution in [0.3, 0.4) is 0 Å². The third kappa shape index (κ3) is 4.30. The van der Waals surface area contributed by atoms with E-state index in [4.69, 9.17) is 12.0 Å². The van der Waals surface area contributed by atoms with Gasteiger partial charge in [0.05, 0.1) is 16.1 Å². The van der Waals surface area contributed by atoms with Gasteiger partial charge in [0, 0.05) is 13.2 Å². The zero-order valence-electron chi connectivity index (χ0n) is 19.0. The van der Waals surface area contributed by atoms with Crippen molar-refractivity contribution in [2.45, 2.75) is 112 Å². The minimum atomic E-state index is -3.78. The zero-order chi connectivity index (χ0) is 22.4. The molecular weight excluding hydrogens is 539 g/mol. The van der Waals surface area contributed by atoms with Crippen LogP contribution in [0.4, 0.5) is 0 Å². The lowest BCUT2D eigenvalue weighted by molar-refractivity contribution is -0.0300. The smallest absolute Gasteiger partial charge is 0.306 e. The molecule has 7 heteroatoms. The molecule has 2 aliphatic carbocycles. The summed E-state index contributed by atoms with van der Waals surface area (Å²) >= 11 is 1.52. The van der Waals surface area contributed by atoms with Gasteiger partial charge in [-0.25, -0.2) is 0 Å². The number of halogens is 1. The topological polar surface area (TPSA) is 61.8 Å². The molecule has 4 fully saturated rings. The normalized spacial score (nSPS) is 35.7.